The number of hydrogen-bond donors (Lipinski definition) is 2. The van der Waals surface area contributed by atoms with E-state index >= 15 is 0 Å². The second-order valence-electron chi connectivity index (χ2n) is 8.91. The first-order valence-electron chi connectivity index (χ1n) is 10.3. The summed E-state index contributed by atoms with van der Waals surface area (Å²) >= 11 is 13.9. The minimum Gasteiger partial charge on any atom is -0.508 e. The van der Waals surface area contributed by atoms with Gasteiger partial charge in [0.05, 0.1) is 18.9 Å². The van der Waals surface area contributed by atoms with Crippen molar-refractivity contribution in [3.8, 4) is 11.5 Å². The Balaban J connectivity index is 1.76. The number of methoxy groups -OCH3 is 1. The van der Waals surface area contributed by atoms with Crippen LogP contribution < -0.4 is 4.74 Å². The van der Waals surface area contributed by atoms with Crippen LogP contribution in [0.5, 0.6) is 11.5 Å². The van der Waals surface area contributed by atoms with Crippen molar-refractivity contribution < 1.29 is 34.2 Å². The minimum absolute atomic E-state index is 0.114. The molecule has 4 aliphatic rings. The summed E-state index contributed by atoms with van der Waals surface area (Å²) in [6.45, 7) is 0. The van der Waals surface area contributed by atoms with Gasteiger partial charge in [-0.2, -0.15) is 5.06 Å². The van der Waals surface area contributed by atoms with Crippen molar-refractivity contribution in [3.05, 3.63) is 35.4 Å². The molecular formula is C22H20Cl2N2O7. The van der Waals surface area contributed by atoms with Gasteiger partial charge in [0.2, 0.25) is 0 Å². The SMILES string of the molecule is COc1ccc([C@H]2C3=CC[C@@H]4C(=O)N(O)C(=O)[C@@H]4[C@@H]3C[C@@]3(Cl)C(=O)N(C)C(=O)[C@@]23Cl)c(O)c1. The molecule has 6 atom stereocenters. The Kier molecular flexibility index (Phi) is 4.67. The van der Waals surface area contributed by atoms with Crippen LogP contribution in [0.4, 0.5) is 0 Å². The van der Waals surface area contributed by atoms with Crippen LogP contribution in [0.3, 0.4) is 0 Å². The number of aromatic hydroxyl groups is 1. The smallest absolute Gasteiger partial charge is 0.257 e. The maximum absolute atomic E-state index is 13.4. The maximum atomic E-state index is 13.4. The number of likely N-dealkylation sites (tertiary alicyclic amines) is 1. The highest BCUT2D eigenvalue weighted by Crippen LogP contribution is 2.65. The average molecular weight is 495 g/mol. The number of allylic oxidation sites excluding steroid dienone is 2. The Bertz CT molecular complexity index is 1170. The molecule has 2 saturated heterocycles. The molecule has 1 aromatic rings. The topological polar surface area (TPSA) is 124 Å². The lowest BCUT2D eigenvalue weighted by Crippen LogP contribution is -2.60. The van der Waals surface area contributed by atoms with E-state index in [2.05, 4.69) is 0 Å². The van der Waals surface area contributed by atoms with Crippen LogP contribution in [0.1, 0.15) is 24.3 Å². The second-order valence-corrected chi connectivity index (χ2v) is 10.2. The van der Waals surface area contributed by atoms with Crippen molar-refractivity contribution in [2.45, 2.75) is 28.5 Å². The molecule has 0 spiro atoms. The van der Waals surface area contributed by atoms with Gasteiger partial charge in [-0.1, -0.05) is 17.7 Å². The first-order valence-corrected chi connectivity index (χ1v) is 11.1. The number of fused-ring (bicyclic) bond motifs is 4. The molecule has 0 radical (unpaired) electrons. The standard InChI is InChI=1S/C22H20Cl2N2O7/c1-25-19(30)21(23)8-13-10(5-6-12-15(13)18(29)26(32)17(12)28)16(22(21,24)20(25)31)11-4-3-9(33-2)7-14(11)27/h3-5,7,12-13,15-16,27,32H,6,8H2,1-2H3/t12-,13+,15-,16+,21+,22-/m0/s1. The number of ether oxygens (including phenoxy) is 1. The number of halogens is 2. The van der Waals surface area contributed by atoms with Gasteiger partial charge in [-0.3, -0.25) is 29.3 Å². The molecule has 2 aliphatic heterocycles. The van der Waals surface area contributed by atoms with E-state index in [4.69, 9.17) is 27.9 Å². The molecule has 5 rings (SSSR count). The number of nitrogens with zero attached hydrogens (tertiary/aromatic N) is 2. The largest absolute Gasteiger partial charge is 0.508 e. The molecule has 2 N–H and O–H groups in total. The molecule has 1 aromatic carbocycles. The number of alkyl halides is 2. The summed E-state index contributed by atoms with van der Waals surface area (Å²) in [7, 11) is 2.71. The van der Waals surface area contributed by atoms with Crippen LogP contribution in [-0.4, -0.2) is 67.8 Å². The summed E-state index contributed by atoms with van der Waals surface area (Å²) < 4.78 is 5.15. The van der Waals surface area contributed by atoms with Gasteiger partial charge in [0.25, 0.3) is 23.6 Å². The Morgan fingerprint density at radius 3 is 2.42 bits per heavy atom. The summed E-state index contributed by atoms with van der Waals surface area (Å²) in [5, 5.41) is 20.9. The Hall–Kier alpha value is -2.62. The summed E-state index contributed by atoms with van der Waals surface area (Å²) in [6.07, 6.45) is 1.66. The third-order valence-electron chi connectivity index (χ3n) is 7.54. The fourth-order valence-electron chi connectivity index (χ4n) is 5.97. The summed E-state index contributed by atoms with van der Waals surface area (Å²) in [6, 6.07) is 4.46. The quantitative estimate of drug-likeness (QED) is 0.277. The van der Waals surface area contributed by atoms with E-state index in [0.29, 0.717) is 11.3 Å². The van der Waals surface area contributed by atoms with Gasteiger partial charge >= 0.3 is 0 Å². The molecule has 0 bridgehead atoms. The normalized spacial score (nSPS) is 37.7. The Labute approximate surface area is 198 Å². The van der Waals surface area contributed by atoms with Crippen LogP contribution in [-0.2, 0) is 19.2 Å². The first-order chi connectivity index (χ1) is 15.5. The van der Waals surface area contributed by atoms with Gasteiger partial charge in [0.15, 0.2) is 9.75 Å². The van der Waals surface area contributed by atoms with E-state index in [9.17, 15) is 29.5 Å². The number of phenolic OH excluding ortho intramolecular Hbond substituents is 1. The van der Waals surface area contributed by atoms with Crippen LogP contribution in [0.15, 0.2) is 29.8 Å². The zero-order chi connectivity index (χ0) is 24.0. The molecule has 174 valence electrons. The molecule has 4 amide bonds. The van der Waals surface area contributed by atoms with Crippen molar-refractivity contribution in [2.75, 3.05) is 14.2 Å². The number of phenols is 1. The fourth-order valence-corrected chi connectivity index (χ4v) is 6.98. The number of carbonyl (C=O) groups is 4. The molecule has 1 saturated carbocycles. The molecule has 2 heterocycles. The number of hydroxylamine groups is 2. The third kappa shape index (κ3) is 2.53. The van der Waals surface area contributed by atoms with Crippen LogP contribution in [0, 0.1) is 17.8 Å². The molecular weight excluding hydrogens is 475 g/mol. The average Bonchev–Trinajstić information content (AvgIpc) is 3.09. The molecule has 2 aliphatic carbocycles. The predicted octanol–water partition coefficient (Wildman–Crippen LogP) is 1.78. The number of benzene rings is 1. The van der Waals surface area contributed by atoms with Gasteiger partial charge in [0.1, 0.15) is 11.5 Å². The number of hydrogen-bond acceptors (Lipinski definition) is 7. The summed E-state index contributed by atoms with van der Waals surface area (Å²) in [4.78, 5) is 48.7. The lowest BCUT2D eigenvalue weighted by Gasteiger charge is -2.50. The van der Waals surface area contributed by atoms with Crippen LogP contribution in [0.25, 0.3) is 0 Å². The van der Waals surface area contributed by atoms with Crippen LogP contribution >= 0.6 is 23.2 Å². The van der Waals surface area contributed by atoms with Gasteiger partial charge < -0.3 is 9.84 Å². The highest BCUT2D eigenvalue weighted by Gasteiger charge is 2.76. The van der Waals surface area contributed by atoms with Crippen molar-refractivity contribution in [3.63, 3.8) is 0 Å². The lowest BCUT2D eigenvalue weighted by molar-refractivity contribution is -0.173. The number of imide groups is 2. The van der Waals surface area contributed by atoms with Gasteiger partial charge in [-0.25, -0.2) is 0 Å². The van der Waals surface area contributed by atoms with E-state index in [-0.39, 0.29) is 29.2 Å². The van der Waals surface area contributed by atoms with E-state index in [1.807, 2.05) is 0 Å². The molecule has 0 unspecified atom stereocenters. The summed E-state index contributed by atoms with van der Waals surface area (Å²) in [5.41, 5.74) is 0.759. The van der Waals surface area contributed by atoms with Crippen molar-refractivity contribution >= 4 is 46.8 Å². The molecule has 3 fully saturated rings. The fraction of sp³-hybridized carbons (Fsp3) is 0.455. The van der Waals surface area contributed by atoms with E-state index in [0.717, 1.165) is 4.90 Å². The lowest BCUT2D eigenvalue weighted by atomic mass is 9.56. The Morgan fingerprint density at radius 2 is 1.79 bits per heavy atom. The van der Waals surface area contributed by atoms with Crippen molar-refractivity contribution in [1.82, 2.24) is 9.96 Å². The zero-order valence-corrected chi connectivity index (χ0v) is 19.1. The number of carbonyl (C=O) groups excluding carboxylic acids is 4. The zero-order valence-electron chi connectivity index (χ0n) is 17.6. The Morgan fingerprint density at radius 1 is 1.09 bits per heavy atom. The van der Waals surface area contributed by atoms with Crippen LogP contribution in [0.2, 0.25) is 0 Å². The molecule has 11 heteroatoms. The monoisotopic (exact) mass is 494 g/mol. The first kappa shape index (κ1) is 22.2. The third-order valence-corrected chi connectivity index (χ3v) is 8.95. The van der Waals surface area contributed by atoms with Gasteiger partial charge in [-0.15, -0.1) is 23.2 Å². The second kappa shape index (κ2) is 6.94. The molecule has 0 aromatic heterocycles. The number of amides is 4. The molecule has 33 heavy (non-hydrogen) atoms. The van der Waals surface area contributed by atoms with Crippen molar-refractivity contribution in [1.29, 1.82) is 0 Å². The highest BCUT2D eigenvalue weighted by atomic mass is 35.5. The van der Waals surface area contributed by atoms with Crippen molar-refractivity contribution in [2.24, 2.45) is 17.8 Å². The minimum atomic E-state index is -1.98. The highest BCUT2D eigenvalue weighted by molar-refractivity contribution is 6.53. The summed E-state index contributed by atoms with van der Waals surface area (Å²) in [5.74, 6) is -6.41. The predicted molar refractivity (Wildman–Crippen MR) is 114 cm³/mol. The van der Waals surface area contributed by atoms with E-state index < -0.39 is 57.0 Å². The number of rotatable bonds is 2. The van der Waals surface area contributed by atoms with Gasteiger partial charge in [0, 0.05) is 24.6 Å². The van der Waals surface area contributed by atoms with E-state index in [1.54, 1.807) is 12.1 Å². The van der Waals surface area contributed by atoms with Gasteiger partial charge in [-0.05, 0) is 24.8 Å². The molecule has 9 nitrogen and oxygen atoms in total. The maximum Gasteiger partial charge on any atom is 0.257 e. The van der Waals surface area contributed by atoms with E-state index in [1.165, 1.54) is 26.3 Å².